The SMILES string of the molecule is COc1ccc(S(=O)(=O)Cl)cc1C(=O)N1CCCC1. The van der Waals surface area contributed by atoms with Crippen LogP contribution in [0.1, 0.15) is 23.2 Å². The molecule has 0 spiro atoms. The molecule has 7 heteroatoms. The first-order chi connectivity index (χ1) is 8.93. The molecule has 1 fully saturated rings. The number of methoxy groups -OCH3 is 1. The zero-order valence-electron chi connectivity index (χ0n) is 10.4. The zero-order chi connectivity index (χ0) is 14.0. The van der Waals surface area contributed by atoms with Gasteiger partial charge in [0.05, 0.1) is 17.6 Å². The quantitative estimate of drug-likeness (QED) is 0.800. The Morgan fingerprint density at radius 1 is 1.32 bits per heavy atom. The summed E-state index contributed by atoms with van der Waals surface area (Å²) in [6.07, 6.45) is 1.92. The number of hydrogen-bond acceptors (Lipinski definition) is 4. The second kappa shape index (κ2) is 5.38. The maximum atomic E-state index is 12.3. The number of ether oxygens (including phenoxy) is 1. The molecule has 1 aromatic rings. The normalized spacial score (nSPS) is 15.6. The lowest BCUT2D eigenvalue weighted by molar-refractivity contribution is 0.0789. The Labute approximate surface area is 116 Å². The fourth-order valence-electron chi connectivity index (χ4n) is 2.10. The van der Waals surface area contributed by atoms with Crippen LogP contribution in [0.4, 0.5) is 0 Å². The van der Waals surface area contributed by atoms with Crippen LogP contribution >= 0.6 is 10.7 Å². The predicted molar refractivity (Wildman–Crippen MR) is 71.2 cm³/mol. The van der Waals surface area contributed by atoms with Gasteiger partial charge in [0.25, 0.3) is 15.0 Å². The third kappa shape index (κ3) is 3.01. The van der Waals surface area contributed by atoms with E-state index < -0.39 is 9.05 Å². The number of benzene rings is 1. The van der Waals surface area contributed by atoms with Crippen LogP contribution in [0.5, 0.6) is 5.75 Å². The number of amides is 1. The van der Waals surface area contributed by atoms with Crippen LogP contribution in [0, 0.1) is 0 Å². The molecule has 1 aliphatic heterocycles. The van der Waals surface area contributed by atoms with Crippen molar-refractivity contribution in [3.8, 4) is 5.75 Å². The Hall–Kier alpha value is -1.27. The smallest absolute Gasteiger partial charge is 0.261 e. The summed E-state index contributed by atoms with van der Waals surface area (Å²) in [5.41, 5.74) is 0.228. The van der Waals surface area contributed by atoms with Crippen LogP contribution in [-0.4, -0.2) is 39.4 Å². The minimum absolute atomic E-state index is 0.0995. The molecule has 19 heavy (non-hydrogen) atoms. The summed E-state index contributed by atoms with van der Waals surface area (Å²) in [7, 11) is 2.87. The van der Waals surface area contributed by atoms with E-state index in [1.165, 1.54) is 25.3 Å². The highest BCUT2D eigenvalue weighted by Crippen LogP contribution is 2.26. The van der Waals surface area contributed by atoms with Crippen LogP contribution in [0.2, 0.25) is 0 Å². The van der Waals surface area contributed by atoms with E-state index in [4.69, 9.17) is 15.4 Å². The molecule has 5 nitrogen and oxygen atoms in total. The van der Waals surface area contributed by atoms with Crippen molar-refractivity contribution in [2.24, 2.45) is 0 Å². The Kier molecular flexibility index (Phi) is 4.01. The average Bonchev–Trinajstić information content (AvgIpc) is 2.90. The molecule has 0 saturated carbocycles. The summed E-state index contributed by atoms with van der Waals surface area (Å²) in [4.78, 5) is 13.9. The summed E-state index contributed by atoms with van der Waals surface area (Å²) in [5.74, 6) is 0.123. The number of hydrogen-bond donors (Lipinski definition) is 0. The molecule has 0 atom stereocenters. The first kappa shape index (κ1) is 14.1. The lowest BCUT2D eigenvalue weighted by Crippen LogP contribution is -2.28. The zero-order valence-corrected chi connectivity index (χ0v) is 12.0. The lowest BCUT2D eigenvalue weighted by atomic mass is 10.1. The second-order valence-electron chi connectivity index (χ2n) is 4.30. The molecule has 0 radical (unpaired) electrons. The number of carbonyl (C=O) groups is 1. The van der Waals surface area contributed by atoms with Crippen molar-refractivity contribution in [3.05, 3.63) is 23.8 Å². The number of rotatable bonds is 3. The van der Waals surface area contributed by atoms with Crippen molar-refractivity contribution in [1.29, 1.82) is 0 Å². The van der Waals surface area contributed by atoms with Crippen molar-refractivity contribution in [2.75, 3.05) is 20.2 Å². The van der Waals surface area contributed by atoms with Gasteiger partial charge in [-0.2, -0.15) is 0 Å². The van der Waals surface area contributed by atoms with Crippen molar-refractivity contribution in [3.63, 3.8) is 0 Å². The Morgan fingerprint density at radius 2 is 1.95 bits per heavy atom. The molecule has 0 N–H and O–H groups in total. The number of halogens is 1. The first-order valence-electron chi connectivity index (χ1n) is 5.85. The Morgan fingerprint density at radius 3 is 2.47 bits per heavy atom. The molecule has 1 amide bonds. The Bertz CT molecular complexity index is 594. The maximum Gasteiger partial charge on any atom is 0.261 e. The van der Waals surface area contributed by atoms with Gasteiger partial charge in [-0.05, 0) is 31.0 Å². The van der Waals surface area contributed by atoms with Gasteiger partial charge in [-0.1, -0.05) is 0 Å². The third-order valence-electron chi connectivity index (χ3n) is 3.08. The molecule has 0 bridgehead atoms. The van der Waals surface area contributed by atoms with Crippen LogP contribution in [0.3, 0.4) is 0 Å². The van der Waals surface area contributed by atoms with Gasteiger partial charge >= 0.3 is 0 Å². The molecule has 1 aromatic carbocycles. The molecular weight excluding hydrogens is 290 g/mol. The number of likely N-dealkylation sites (tertiary alicyclic amines) is 1. The molecule has 0 aromatic heterocycles. The van der Waals surface area contributed by atoms with Crippen molar-refractivity contribution in [1.82, 2.24) is 4.90 Å². The van der Waals surface area contributed by atoms with Gasteiger partial charge in [-0.3, -0.25) is 4.79 Å². The standard InChI is InChI=1S/C12H14ClNO4S/c1-18-11-5-4-9(19(13,16)17)8-10(11)12(15)14-6-2-3-7-14/h4-5,8H,2-3,6-7H2,1H3. The van der Waals surface area contributed by atoms with Crippen LogP contribution in [0.25, 0.3) is 0 Å². The van der Waals surface area contributed by atoms with Crippen molar-refractivity contribution >= 4 is 25.6 Å². The summed E-state index contributed by atoms with van der Waals surface area (Å²) >= 11 is 0. The van der Waals surface area contributed by atoms with E-state index in [9.17, 15) is 13.2 Å². The third-order valence-corrected chi connectivity index (χ3v) is 4.43. The van der Waals surface area contributed by atoms with E-state index in [-0.39, 0.29) is 16.4 Å². The summed E-state index contributed by atoms with van der Waals surface area (Å²) < 4.78 is 27.8. The molecule has 1 saturated heterocycles. The van der Waals surface area contributed by atoms with E-state index in [2.05, 4.69) is 0 Å². The highest BCUT2D eigenvalue weighted by molar-refractivity contribution is 8.13. The molecule has 104 valence electrons. The minimum Gasteiger partial charge on any atom is -0.496 e. The fraction of sp³-hybridized carbons (Fsp3) is 0.417. The van der Waals surface area contributed by atoms with Crippen molar-refractivity contribution in [2.45, 2.75) is 17.7 Å². The van der Waals surface area contributed by atoms with Gasteiger partial charge < -0.3 is 9.64 Å². The molecule has 0 unspecified atom stereocenters. The minimum atomic E-state index is -3.86. The molecular formula is C12H14ClNO4S. The summed E-state index contributed by atoms with van der Waals surface area (Å²) in [5, 5.41) is 0. The molecule has 2 rings (SSSR count). The monoisotopic (exact) mass is 303 g/mol. The van der Waals surface area contributed by atoms with Crippen LogP contribution in [0.15, 0.2) is 23.1 Å². The van der Waals surface area contributed by atoms with Crippen LogP contribution < -0.4 is 4.74 Å². The van der Waals surface area contributed by atoms with Gasteiger partial charge in [-0.25, -0.2) is 8.42 Å². The summed E-state index contributed by atoms with van der Waals surface area (Å²) in [6, 6.07) is 4.03. The van der Waals surface area contributed by atoms with E-state index in [0.717, 1.165) is 12.8 Å². The average molecular weight is 304 g/mol. The van der Waals surface area contributed by atoms with E-state index in [0.29, 0.717) is 18.8 Å². The lowest BCUT2D eigenvalue weighted by Gasteiger charge is -2.17. The topological polar surface area (TPSA) is 63.7 Å². The largest absolute Gasteiger partial charge is 0.496 e. The van der Waals surface area contributed by atoms with E-state index >= 15 is 0 Å². The summed E-state index contributed by atoms with van der Waals surface area (Å²) in [6.45, 7) is 1.36. The molecule has 1 heterocycles. The van der Waals surface area contributed by atoms with Gasteiger partial charge in [0.1, 0.15) is 5.75 Å². The van der Waals surface area contributed by atoms with Gasteiger partial charge in [0, 0.05) is 23.8 Å². The fourth-order valence-corrected chi connectivity index (χ4v) is 2.87. The van der Waals surface area contributed by atoms with Gasteiger partial charge in [0.2, 0.25) is 0 Å². The van der Waals surface area contributed by atoms with Crippen molar-refractivity contribution < 1.29 is 17.9 Å². The number of nitrogens with zero attached hydrogens (tertiary/aromatic N) is 1. The second-order valence-corrected chi connectivity index (χ2v) is 6.87. The predicted octanol–water partition coefficient (Wildman–Crippen LogP) is 1.86. The first-order valence-corrected chi connectivity index (χ1v) is 8.16. The number of carbonyl (C=O) groups excluding carboxylic acids is 1. The highest BCUT2D eigenvalue weighted by atomic mass is 35.7. The van der Waals surface area contributed by atoms with Gasteiger partial charge in [-0.15, -0.1) is 0 Å². The van der Waals surface area contributed by atoms with Gasteiger partial charge in [0.15, 0.2) is 0 Å². The molecule has 1 aliphatic rings. The van der Waals surface area contributed by atoms with Crippen LogP contribution in [-0.2, 0) is 9.05 Å². The highest BCUT2D eigenvalue weighted by Gasteiger charge is 2.24. The maximum absolute atomic E-state index is 12.3. The Balaban J connectivity index is 2.44. The van der Waals surface area contributed by atoms with E-state index in [1.807, 2.05) is 0 Å². The van der Waals surface area contributed by atoms with E-state index in [1.54, 1.807) is 4.90 Å². The molecule has 0 aliphatic carbocycles.